The second kappa shape index (κ2) is 11.9. The third kappa shape index (κ3) is 7.08. The Kier molecular flexibility index (Phi) is 9.20. The standard InChI is InChI=1S/C20H18O13S/c1-28-10-30-20(24)15-8-7-14(9-16(15)34(25,26)27)19(23)33-32-11-31-18(22)13-5-3-12(4-6-13)17(21)29-2/h3-9H,10-11H2,1-2H3,(H,25,26,27). The third-order valence-electron chi connectivity index (χ3n) is 3.94. The van der Waals surface area contributed by atoms with Gasteiger partial charge in [-0.25, -0.2) is 19.2 Å². The van der Waals surface area contributed by atoms with Crippen LogP contribution in [0.2, 0.25) is 0 Å². The molecular formula is C20H18O13S. The number of esters is 3. The zero-order valence-electron chi connectivity index (χ0n) is 17.7. The molecule has 0 unspecified atom stereocenters. The van der Waals surface area contributed by atoms with Gasteiger partial charge in [-0.3, -0.25) is 9.44 Å². The number of carbonyl (C=O) groups excluding carboxylic acids is 4. The first-order valence-electron chi connectivity index (χ1n) is 9.05. The summed E-state index contributed by atoms with van der Waals surface area (Å²) in [6.45, 7) is -1.30. The molecule has 0 bridgehead atoms. The molecule has 0 atom stereocenters. The lowest BCUT2D eigenvalue weighted by atomic mass is 10.1. The molecule has 0 saturated heterocycles. The fraction of sp³-hybridized carbons (Fsp3) is 0.200. The minimum atomic E-state index is -4.93. The zero-order chi connectivity index (χ0) is 25.3. The predicted molar refractivity (Wildman–Crippen MR) is 108 cm³/mol. The maximum Gasteiger partial charge on any atom is 0.373 e. The highest BCUT2D eigenvalue weighted by molar-refractivity contribution is 7.86. The number of hydrogen-bond donors (Lipinski definition) is 1. The maximum atomic E-state index is 12.1. The van der Waals surface area contributed by atoms with Gasteiger partial charge in [0.2, 0.25) is 6.79 Å². The number of benzene rings is 2. The Morgan fingerprint density at radius 3 is 1.88 bits per heavy atom. The highest BCUT2D eigenvalue weighted by Crippen LogP contribution is 2.20. The van der Waals surface area contributed by atoms with Gasteiger partial charge in [0, 0.05) is 7.11 Å². The van der Waals surface area contributed by atoms with Crippen LogP contribution < -0.4 is 0 Å². The Morgan fingerprint density at radius 1 is 0.765 bits per heavy atom. The SMILES string of the molecule is COCOC(=O)c1ccc(C(=O)OOCOC(=O)c2ccc(C(=O)OC)cc2)cc1S(=O)(=O)O. The molecule has 0 aromatic heterocycles. The average Bonchev–Trinajstić information content (AvgIpc) is 2.83. The summed E-state index contributed by atoms with van der Waals surface area (Å²) in [7, 11) is -2.49. The van der Waals surface area contributed by atoms with E-state index < -0.39 is 63.6 Å². The van der Waals surface area contributed by atoms with Gasteiger partial charge in [0.25, 0.3) is 10.1 Å². The van der Waals surface area contributed by atoms with Crippen molar-refractivity contribution in [2.75, 3.05) is 27.8 Å². The van der Waals surface area contributed by atoms with Crippen LogP contribution in [0.15, 0.2) is 47.4 Å². The van der Waals surface area contributed by atoms with Gasteiger partial charge >= 0.3 is 23.9 Å². The molecule has 0 fully saturated rings. The summed E-state index contributed by atoms with van der Waals surface area (Å²) in [6.07, 6.45) is 0. The first-order chi connectivity index (χ1) is 16.1. The molecule has 34 heavy (non-hydrogen) atoms. The van der Waals surface area contributed by atoms with Crippen LogP contribution in [-0.2, 0) is 38.8 Å². The lowest BCUT2D eigenvalue weighted by Crippen LogP contribution is -2.16. The Labute approximate surface area is 192 Å². The lowest BCUT2D eigenvalue weighted by molar-refractivity contribution is -0.280. The fourth-order valence-corrected chi connectivity index (χ4v) is 3.07. The summed E-state index contributed by atoms with van der Waals surface area (Å²) in [4.78, 5) is 55.3. The summed E-state index contributed by atoms with van der Waals surface area (Å²) >= 11 is 0. The number of hydrogen-bond acceptors (Lipinski definition) is 12. The smallest absolute Gasteiger partial charge is 0.373 e. The highest BCUT2D eigenvalue weighted by Gasteiger charge is 2.24. The number of rotatable bonds is 10. The first-order valence-corrected chi connectivity index (χ1v) is 10.5. The minimum Gasteiger partial charge on any atom is -0.465 e. The molecule has 2 aromatic rings. The van der Waals surface area contributed by atoms with Crippen LogP contribution in [0.1, 0.15) is 41.4 Å². The van der Waals surface area contributed by atoms with E-state index in [2.05, 4.69) is 24.0 Å². The number of ether oxygens (including phenoxy) is 4. The van der Waals surface area contributed by atoms with Gasteiger partial charge in [0.1, 0.15) is 4.90 Å². The summed E-state index contributed by atoms with van der Waals surface area (Å²) in [5.74, 6) is -3.80. The van der Waals surface area contributed by atoms with E-state index in [4.69, 9.17) is 4.74 Å². The molecule has 0 radical (unpaired) electrons. The topological polar surface area (TPSA) is 178 Å². The van der Waals surface area contributed by atoms with E-state index in [9.17, 15) is 32.1 Å². The summed E-state index contributed by atoms with van der Waals surface area (Å²) in [6, 6.07) is 7.87. The van der Waals surface area contributed by atoms with E-state index in [1.54, 1.807) is 0 Å². The van der Waals surface area contributed by atoms with Gasteiger partial charge in [-0.15, -0.1) is 4.89 Å². The summed E-state index contributed by atoms with van der Waals surface area (Å²) in [5.41, 5.74) is -0.687. The largest absolute Gasteiger partial charge is 0.465 e. The molecule has 0 spiro atoms. The first kappa shape index (κ1) is 26.4. The van der Waals surface area contributed by atoms with Crippen LogP contribution in [-0.4, -0.2) is 64.7 Å². The van der Waals surface area contributed by atoms with Gasteiger partial charge in [0.15, 0.2) is 6.79 Å². The Bertz CT molecular complexity index is 1170. The van der Waals surface area contributed by atoms with Gasteiger partial charge in [-0.1, -0.05) is 0 Å². The van der Waals surface area contributed by atoms with Crippen molar-refractivity contribution >= 4 is 34.0 Å². The van der Waals surface area contributed by atoms with Gasteiger partial charge < -0.3 is 18.9 Å². The molecule has 14 heteroatoms. The molecule has 2 rings (SSSR count). The van der Waals surface area contributed by atoms with E-state index in [1.165, 1.54) is 38.5 Å². The van der Waals surface area contributed by atoms with Crippen LogP contribution in [0.4, 0.5) is 0 Å². The minimum absolute atomic E-state index is 0.0660. The van der Waals surface area contributed by atoms with Crippen molar-refractivity contribution in [3.05, 3.63) is 64.7 Å². The van der Waals surface area contributed by atoms with E-state index in [1.807, 2.05) is 0 Å². The van der Waals surface area contributed by atoms with Crippen molar-refractivity contribution in [1.82, 2.24) is 0 Å². The Balaban J connectivity index is 1.97. The van der Waals surface area contributed by atoms with E-state index >= 15 is 0 Å². The van der Waals surface area contributed by atoms with Crippen molar-refractivity contribution in [3.63, 3.8) is 0 Å². The quantitative estimate of drug-likeness (QED) is 0.0945. The number of carbonyl (C=O) groups is 4. The lowest BCUT2D eigenvalue weighted by Gasteiger charge is -2.09. The van der Waals surface area contributed by atoms with E-state index in [0.29, 0.717) is 6.07 Å². The molecule has 0 saturated carbocycles. The van der Waals surface area contributed by atoms with Crippen LogP contribution in [0.5, 0.6) is 0 Å². The fourth-order valence-electron chi connectivity index (χ4n) is 2.37. The zero-order valence-corrected chi connectivity index (χ0v) is 18.5. The van der Waals surface area contributed by atoms with Crippen LogP contribution in [0.3, 0.4) is 0 Å². The summed E-state index contributed by atoms with van der Waals surface area (Å²) in [5, 5.41) is 0. The highest BCUT2D eigenvalue weighted by atomic mass is 32.2. The van der Waals surface area contributed by atoms with Crippen molar-refractivity contribution in [2.24, 2.45) is 0 Å². The van der Waals surface area contributed by atoms with Crippen molar-refractivity contribution in [3.8, 4) is 0 Å². The molecule has 0 amide bonds. The Morgan fingerprint density at radius 2 is 1.32 bits per heavy atom. The van der Waals surface area contributed by atoms with Crippen molar-refractivity contribution < 1.29 is 60.9 Å². The van der Waals surface area contributed by atoms with Gasteiger partial charge in [-0.2, -0.15) is 8.42 Å². The van der Waals surface area contributed by atoms with Crippen LogP contribution >= 0.6 is 0 Å². The molecule has 2 aromatic carbocycles. The van der Waals surface area contributed by atoms with Gasteiger partial charge in [0.05, 0.1) is 29.4 Å². The molecule has 0 aliphatic carbocycles. The normalized spacial score (nSPS) is 10.8. The third-order valence-corrected chi connectivity index (χ3v) is 4.83. The molecule has 0 aliphatic rings. The molecule has 182 valence electrons. The van der Waals surface area contributed by atoms with E-state index in [0.717, 1.165) is 12.1 Å². The van der Waals surface area contributed by atoms with Crippen molar-refractivity contribution in [2.45, 2.75) is 4.90 Å². The Hall–Kier alpha value is -3.85. The molecule has 1 N–H and O–H groups in total. The van der Waals surface area contributed by atoms with Crippen molar-refractivity contribution in [1.29, 1.82) is 0 Å². The average molecular weight is 498 g/mol. The van der Waals surface area contributed by atoms with E-state index in [-0.39, 0.29) is 11.1 Å². The molecule has 0 aliphatic heterocycles. The van der Waals surface area contributed by atoms with Crippen LogP contribution in [0, 0.1) is 0 Å². The molecule has 13 nitrogen and oxygen atoms in total. The second-order valence-electron chi connectivity index (χ2n) is 6.13. The van der Waals surface area contributed by atoms with Crippen LogP contribution in [0.25, 0.3) is 0 Å². The van der Waals surface area contributed by atoms with Gasteiger partial charge in [-0.05, 0) is 42.5 Å². The monoisotopic (exact) mass is 498 g/mol. The number of methoxy groups -OCH3 is 2. The maximum absolute atomic E-state index is 12.1. The predicted octanol–water partition coefficient (Wildman–Crippen LogP) is 1.38. The second-order valence-corrected chi connectivity index (χ2v) is 7.52. The summed E-state index contributed by atoms with van der Waals surface area (Å²) < 4.78 is 51.0. The molecular weight excluding hydrogens is 480 g/mol. The molecule has 0 heterocycles.